The molecular weight excluding hydrogens is 430 g/mol. The van der Waals surface area contributed by atoms with Crippen molar-refractivity contribution >= 4 is 23.2 Å². The van der Waals surface area contributed by atoms with Crippen LogP contribution in [0.3, 0.4) is 0 Å². The Labute approximate surface area is 175 Å². The second-order valence-electron chi connectivity index (χ2n) is 7.12. The van der Waals surface area contributed by atoms with E-state index in [1.54, 1.807) is 13.8 Å². The quantitative estimate of drug-likeness (QED) is 0.360. The molecule has 2 rings (SSSR count). The Kier molecular flexibility index (Phi) is 6.66. The molecule has 30 heavy (non-hydrogen) atoms. The van der Waals surface area contributed by atoms with Crippen molar-refractivity contribution < 1.29 is 31.4 Å². The zero-order chi connectivity index (χ0) is 23.0. The zero-order valence-electron chi connectivity index (χ0n) is 16.3. The smallest absolute Gasteiger partial charge is 0.417 e. The Morgan fingerprint density at radius 1 is 1.07 bits per heavy atom. The summed E-state index contributed by atoms with van der Waals surface area (Å²) in [6.45, 7) is 6.88. The maximum absolute atomic E-state index is 14.8. The summed E-state index contributed by atoms with van der Waals surface area (Å²) in [6.07, 6.45) is -4.32. The summed E-state index contributed by atoms with van der Waals surface area (Å²) >= 11 is 6.06. The molecule has 1 nitrogen and oxygen atoms in total. The molecule has 0 spiro atoms. The third-order valence-electron chi connectivity index (χ3n) is 4.59. The number of rotatable bonds is 5. The van der Waals surface area contributed by atoms with Crippen LogP contribution in [-0.4, -0.2) is 11.0 Å². The standard InChI is InChI=1S/C22H19ClF6O/c1-11-7-15(8-12(2)20(11)23)17(21(4,25)26)10-19(24)14-5-6-16(13(3)30)18(9-14)22(27,28)29/h5-10,17,30H,3H2,1-2,4H3/b19-10-. The van der Waals surface area contributed by atoms with Crippen LogP contribution < -0.4 is 0 Å². The van der Waals surface area contributed by atoms with Crippen molar-refractivity contribution in [1.82, 2.24) is 0 Å². The van der Waals surface area contributed by atoms with Crippen LogP contribution in [-0.2, 0) is 6.18 Å². The molecule has 8 heteroatoms. The summed E-state index contributed by atoms with van der Waals surface area (Å²) < 4.78 is 83.2. The summed E-state index contributed by atoms with van der Waals surface area (Å²) in [7, 11) is 0. The predicted molar refractivity (Wildman–Crippen MR) is 106 cm³/mol. The normalized spacial score (nSPS) is 14.0. The molecule has 0 radical (unpaired) electrons. The summed E-state index contributed by atoms with van der Waals surface area (Å²) in [6, 6.07) is 5.03. The van der Waals surface area contributed by atoms with Crippen molar-refractivity contribution in [2.45, 2.75) is 38.8 Å². The molecular formula is C22H19ClF6O. The van der Waals surface area contributed by atoms with Crippen molar-refractivity contribution in [3.8, 4) is 0 Å². The second kappa shape index (κ2) is 8.38. The van der Waals surface area contributed by atoms with E-state index in [2.05, 4.69) is 6.58 Å². The lowest BCUT2D eigenvalue weighted by molar-refractivity contribution is -0.137. The number of benzene rings is 2. The van der Waals surface area contributed by atoms with E-state index in [4.69, 9.17) is 11.6 Å². The van der Waals surface area contributed by atoms with E-state index in [0.717, 1.165) is 12.1 Å². The molecule has 0 saturated heterocycles. The first kappa shape index (κ1) is 23.9. The lowest BCUT2D eigenvalue weighted by atomic mass is 9.89. The SMILES string of the molecule is C=C(O)c1ccc(/C(F)=C/C(c2cc(C)c(Cl)c(C)c2)C(C)(F)F)cc1C(F)(F)F. The van der Waals surface area contributed by atoms with Crippen molar-refractivity contribution in [1.29, 1.82) is 0 Å². The summed E-state index contributed by atoms with van der Waals surface area (Å²) in [5, 5.41) is 9.74. The molecule has 0 bridgehead atoms. The average Bonchev–Trinajstić information content (AvgIpc) is 2.61. The Morgan fingerprint density at radius 3 is 2.03 bits per heavy atom. The molecule has 0 aromatic heterocycles. The highest BCUT2D eigenvalue weighted by Gasteiger charge is 2.36. The van der Waals surface area contributed by atoms with E-state index < -0.39 is 46.3 Å². The zero-order valence-corrected chi connectivity index (χ0v) is 17.1. The molecule has 0 fully saturated rings. The van der Waals surface area contributed by atoms with Gasteiger partial charge < -0.3 is 5.11 Å². The van der Waals surface area contributed by atoms with Crippen LogP contribution in [0.4, 0.5) is 26.3 Å². The third kappa shape index (κ3) is 5.19. The first-order valence-corrected chi connectivity index (χ1v) is 9.12. The van der Waals surface area contributed by atoms with Crippen LogP contribution in [0.5, 0.6) is 0 Å². The minimum absolute atomic E-state index is 0.0773. The molecule has 0 aliphatic rings. The number of halogens is 7. The molecule has 162 valence electrons. The Balaban J connectivity index is 2.62. The Bertz CT molecular complexity index is 979. The molecule has 0 saturated carbocycles. The second-order valence-corrected chi connectivity index (χ2v) is 7.50. The van der Waals surface area contributed by atoms with Gasteiger partial charge in [0.2, 0.25) is 0 Å². The lowest BCUT2D eigenvalue weighted by Gasteiger charge is -2.23. The number of aliphatic hydroxyl groups excluding tert-OH is 1. The highest BCUT2D eigenvalue weighted by molar-refractivity contribution is 6.32. The van der Waals surface area contributed by atoms with Crippen molar-refractivity contribution in [2.24, 2.45) is 0 Å². The molecule has 1 N–H and O–H groups in total. The monoisotopic (exact) mass is 448 g/mol. The average molecular weight is 449 g/mol. The topological polar surface area (TPSA) is 20.2 Å². The molecule has 1 atom stereocenters. The number of hydrogen-bond acceptors (Lipinski definition) is 1. The molecule has 2 aromatic rings. The number of hydrogen-bond donors (Lipinski definition) is 1. The van der Waals surface area contributed by atoms with Crippen LogP contribution >= 0.6 is 11.6 Å². The van der Waals surface area contributed by atoms with E-state index >= 15 is 0 Å². The van der Waals surface area contributed by atoms with Gasteiger partial charge in [-0.15, -0.1) is 0 Å². The Morgan fingerprint density at radius 2 is 1.60 bits per heavy atom. The fourth-order valence-corrected chi connectivity index (χ4v) is 3.22. The van der Waals surface area contributed by atoms with Gasteiger partial charge in [-0.2, -0.15) is 13.2 Å². The van der Waals surface area contributed by atoms with E-state index in [9.17, 15) is 31.4 Å². The van der Waals surface area contributed by atoms with Crippen LogP contribution in [0, 0.1) is 13.8 Å². The van der Waals surface area contributed by atoms with Gasteiger partial charge in [0.25, 0.3) is 5.92 Å². The van der Waals surface area contributed by atoms with E-state index in [-0.39, 0.29) is 5.56 Å². The van der Waals surface area contributed by atoms with E-state index in [1.165, 1.54) is 12.1 Å². The Hall–Kier alpha value is -2.41. The van der Waals surface area contributed by atoms with Gasteiger partial charge in [-0.05, 0) is 48.7 Å². The number of alkyl halides is 5. The highest BCUT2D eigenvalue weighted by atomic mass is 35.5. The summed E-state index contributed by atoms with van der Waals surface area (Å²) in [4.78, 5) is 0. The largest absolute Gasteiger partial charge is 0.508 e. The molecule has 0 heterocycles. The van der Waals surface area contributed by atoms with Gasteiger partial charge in [0, 0.05) is 23.1 Å². The van der Waals surface area contributed by atoms with Gasteiger partial charge in [-0.1, -0.05) is 36.4 Å². The highest BCUT2D eigenvalue weighted by Crippen LogP contribution is 2.40. The van der Waals surface area contributed by atoms with Gasteiger partial charge in [0.1, 0.15) is 11.6 Å². The number of allylic oxidation sites excluding steroid dienone is 1. The minimum Gasteiger partial charge on any atom is -0.508 e. The minimum atomic E-state index is -4.91. The molecule has 2 aromatic carbocycles. The number of aliphatic hydroxyl groups is 1. The molecule has 0 aliphatic heterocycles. The van der Waals surface area contributed by atoms with Gasteiger partial charge in [-0.25, -0.2) is 13.2 Å². The van der Waals surface area contributed by atoms with Crippen molar-refractivity contribution in [3.63, 3.8) is 0 Å². The lowest BCUT2D eigenvalue weighted by Crippen LogP contribution is -2.21. The van der Waals surface area contributed by atoms with Crippen LogP contribution in [0.15, 0.2) is 43.0 Å². The first-order chi connectivity index (χ1) is 13.6. The van der Waals surface area contributed by atoms with Gasteiger partial charge >= 0.3 is 6.18 Å². The fraction of sp³-hybridized carbons (Fsp3) is 0.273. The van der Waals surface area contributed by atoms with Crippen LogP contribution in [0.25, 0.3) is 11.6 Å². The van der Waals surface area contributed by atoms with Crippen LogP contribution in [0.2, 0.25) is 5.02 Å². The van der Waals surface area contributed by atoms with Crippen molar-refractivity contribution in [3.05, 3.63) is 81.4 Å². The third-order valence-corrected chi connectivity index (χ3v) is 5.18. The molecule has 0 amide bonds. The maximum atomic E-state index is 14.8. The number of aryl methyl sites for hydroxylation is 2. The van der Waals surface area contributed by atoms with Gasteiger partial charge in [-0.3, -0.25) is 0 Å². The molecule has 0 aliphatic carbocycles. The first-order valence-electron chi connectivity index (χ1n) is 8.74. The van der Waals surface area contributed by atoms with Gasteiger partial charge in [0.05, 0.1) is 11.5 Å². The fourth-order valence-electron chi connectivity index (χ4n) is 3.12. The summed E-state index contributed by atoms with van der Waals surface area (Å²) in [5.41, 5.74) is -1.40. The molecule has 1 unspecified atom stereocenters. The maximum Gasteiger partial charge on any atom is 0.417 e. The predicted octanol–water partition coefficient (Wildman–Crippen LogP) is 8.25. The van der Waals surface area contributed by atoms with E-state index in [0.29, 0.717) is 35.2 Å². The van der Waals surface area contributed by atoms with E-state index in [1.807, 2.05) is 0 Å². The summed E-state index contributed by atoms with van der Waals surface area (Å²) in [5.74, 6) is -7.25. The van der Waals surface area contributed by atoms with Gasteiger partial charge in [0.15, 0.2) is 0 Å². The van der Waals surface area contributed by atoms with Crippen LogP contribution in [0.1, 0.15) is 46.2 Å². The van der Waals surface area contributed by atoms with Crippen molar-refractivity contribution in [2.75, 3.05) is 0 Å².